The molecular formula is C23H21N5OS. The molecule has 2 aromatic heterocycles. The Hall–Kier alpha value is -3.37. The number of Topliss-reactive ketones (excluding diaryl/α,β-unsaturated/α-hetero) is 1. The van der Waals surface area contributed by atoms with E-state index in [1.54, 1.807) is 0 Å². The number of nitriles is 1. The number of thioether (sulfide) groups is 1. The summed E-state index contributed by atoms with van der Waals surface area (Å²) in [6.45, 7) is 4.52. The number of aromatic nitrogens is 4. The van der Waals surface area contributed by atoms with Gasteiger partial charge in [0.2, 0.25) is 0 Å². The van der Waals surface area contributed by atoms with Crippen LogP contribution >= 0.6 is 11.8 Å². The average Bonchev–Trinajstić information content (AvgIpc) is 3.31. The number of benzene rings is 2. The molecule has 0 spiro atoms. The highest BCUT2D eigenvalue weighted by Gasteiger charge is 2.18. The van der Waals surface area contributed by atoms with E-state index in [9.17, 15) is 4.79 Å². The third kappa shape index (κ3) is 3.74. The Kier molecular flexibility index (Phi) is 5.68. The maximum Gasteiger partial charge on any atom is 0.196 e. The smallest absolute Gasteiger partial charge is 0.196 e. The first-order chi connectivity index (χ1) is 14.6. The minimum atomic E-state index is 0.0314. The summed E-state index contributed by atoms with van der Waals surface area (Å²) in [4.78, 5) is 13.1. The summed E-state index contributed by atoms with van der Waals surface area (Å²) in [5, 5.41) is 19.0. The lowest BCUT2D eigenvalue weighted by atomic mass is 10.1. The zero-order valence-corrected chi connectivity index (χ0v) is 17.7. The van der Waals surface area contributed by atoms with Crippen molar-refractivity contribution >= 4 is 28.4 Å². The van der Waals surface area contributed by atoms with Gasteiger partial charge >= 0.3 is 0 Å². The van der Waals surface area contributed by atoms with Gasteiger partial charge in [0.1, 0.15) is 5.82 Å². The van der Waals surface area contributed by atoms with Gasteiger partial charge in [0, 0.05) is 29.2 Å². The molecule has 30 heavy (non-hydrogen) atoms. The molecule has 0 N–H and O–H groups in total. The van der Waals surface area contributed by atoms with Gasteiger partial charge < -0.3 is 4.57 Å². The molecule has 7 heteroatoms. The normalized spacial score (nSPS) is 11.0. The first-order valence-corrected chi connectivity index (χ1v) is 10.7. The van der Waals surface area contributed by atoms with Crippen LogP contribution in [0.15, 0.2) is 59.9 Å². The van der Waals surface area contributed by atoms with Gasteiger partial charge in [-0.3, -0.25) is 9.36 Å². The highest BCUT2D eigenvalue weighted by atomic mass is 32.2. The van der Waals surface area contributed by atoms with Crippen LogP contribution in [-0.2, 0) is 6.54 Å². The third-order valence-electron chi connectivity index (χ3n) is 5.04. The molecule has 0 saturated heterocycles. The maximum absolute atomic E-state index is 13.1. The van der Waals surface area contributed by atoms with Crippen molar-refractivity contribution < 1.29 is 4.79 Å². The van der Waals surface area contributed by atoms with Crippen LogP contribution in [0.3, 0.4) is 0 Å². The molecule has 0 aliphatic rings. The molecule has 6 nitrogen and oxygen atoms in total. The van der Waals surface area contributed by atoms with Crippen LogP contribution in [0, 0.1) is 25.2 Å². The molecule has 0 atom stereocenters. The number of fused-ring (bicyclic) bond motifs is 1. The average molecular weight is 416 g/mol. The lowest BCUT2D eigenvalue weighted by Gasteiger charge is -2.10. The second-order valence-electron chi connectivity index (χ2n) is 7.02. The number of para-hydroxylation sites is 2. The van der Waals surface area contributed by atoms with E-state index in [0.29, 0.717) is 23.7 Å². The van der Waals surface area contributed by atoms with Gasteiger partial charge in [-0.05, 0) is 31.5 Å². The van der Waals surface area contributed by atoms with Gasteiger partial charge in [0.05, 0.1) is 23.9 Å². The van der Waals surface area contributed by atoms with E-state index >= 15 is 0 Å². The molecule has 0 fully saturated rings. The van der Waals surface area contributed by atoms with E-state index in [1.807, 2.05) is 77.7 Å². The van der Waals surface area contributed by atoms with Crippen LogP contribution in [0.25, 0.3) is 16.6 Å². The Morgan fingerprint density at radius 2 is 1.87 bits per heavy atom. The van der Waals surface area contributed by atoms with Crippen molar-refractivity contribution in [1.29, 1.82) is 5.26 Å². The van der Waals surface area contributed by atoms with Crippen molar-refractivity contribution in [3.05, 3.63) is 71.7 Å². The maximum atomic E-state index is 13.1. The van der Waals surface area contributed by atoms with E-state index in [2.05, 4.69) is 16.3 Å². The third-order valence-corrected chi connectivity index (χ3v) is 5.97. The molecule has 0 aliphatic heterocycles. The molecule has 150 valence electrons. The summed E-state index contributed by atoms with van der Waals surface area (Å²) >= 11 is 1.39. The number of carbonyl (C=O) groups is 1. The monoisotopic (exact) mass is 415 g/mol. The van der Waals surface area contributed by atoms with Gasteiger partial charge in [-0.15, -0.1) is 10.2 Å². The predicted molar refractivity (Wildman–Crippen MR) is 118 cm³/mol. The number of hydrogen-bond acceptors (Lipinski definition) is 5. The summed E-state index contributed by atoms with van der Waals surface area (Å²) in [6.07, 6.45) is 2.27. The summed E-state index contributed by atoms with van der Waals surface area (Å²) in [6, 6.07) is 18.0. The Morgan fingerprint density at radius 3 is 2.67 bits per heavy atom. The van der Waals surface area contributed by atoms with Crippen molar-refractivity contribution in [2.24, 2.45) is 0 Å². The minimum absolute atomic E-state index is 0.0314. The van der Waals surface area contributed by atoms with Gasteiger partial charge in [-0.1, -0.05) is 48.2 Å². The summed E-state index contributed by atoms with van der Waals surface area (Å²) in [5.74, 6) is 1.08. The van der Waals surface area contributed by atoms with Crippen LogP contribution in [-0.4, -0.2) is 30.9 Å². The number of carbonyl (C=O) groups excluding carboxylic acids is 1. The molecule has 0 amide bonds. The van der Waals surface area contributed by atoms with Crippen molar-refractivity contribution in [3.8, 4) is 11.8 Å². The number of ketones is 1. The highest BCUT2D eigenvalue weighted by Crippen LogP contribution is 2.27. The molecule has 2 heterocycles. The van der Waals surface area contributed by atoms with Crippen molar-refractivity contribution in [2.75, 3.05) is 5.75 Å². The first-order valence-electron chi connectivity index (χ1n) is 9.69. The standard InChI is InChI=1S/C23H21N5OS/c1-16-8-3-5-10-20(16)28-17(2)25-26-23(28)30-15-22(29)19-14-27(13-7-12-24)21-11-6-4-9-18(19)21/h3-6,8-11,14H,7,13,15H2,1-2H3. The topological polar surface area (TPSA) is 76.5 Å². The number of nitrogens with zero attached hydrogens (tertiary/aromatic N) is 5. The fourth-order valence-corrected chi connectivity index (χ4v) is 4.43. The molecule has 0 radical (unpaired) electrons. The van der Waals surface area contributed by atoms with Crippen LogP contribution in [0.5, 0.6) is 0 Å². The molecule has 0 unspecified atom stereocenters. The number of rotatable bonds is 7. The number of aryl methyl sites for hydroxylation is 3. The van der Waals surface area contributed by atoms with Gasteiger partial charge in [-0.2, -0.15) is 5.26 Å². The fraction of sp³-hybridized carbons (Fsp3) is 0.217. The van der Waals surface area contributed by atoms with Gasteiger partial charge in [0.15, 0.2) is 10.9 Å². The lowest BCUT2D eigenvalue weighted by Crippen LogP contribution is -2.05. The summed E-state index contributed by atoms with van der Waals surface area (Å²) < 4.78 is 3.97. The van der Waals surface area contributed by atoms with E-state index in [4.69, 9.17) is 5.26 Å². The molecule has 0 bridgehead atoms. The predicted octanol–water partition coefficient (Wildman–Crippen LogP) is 4.73. The minimum Gasteiger partial charge on any atom is -0.346 e. The molecule has 4 rings (SSSR count). The first kappa shape index (κ1) is 19.9. The molecule has 4 aromatic rings. The number of hydrogen-bond donors (Lipinski definition) is 0. The SMILES string of the molecule is Cc1ccccc1-n1c(C)nnc1SCC(=O)c1cn(CCC#N)c2ccccc12. The summed E-state index contributed by atoms with van der Waals surface area (Å²) in [5.41, 5.74) is 3.78. The van der Waals surface area contributed by atoms with Gasteiger partial charge in [0.25, 0.3) is 0 Å². The second kappa shape index (κ2) is 8.56. The molecule has 0 saturated carbocycles. The second-order valence-corrected chi connectivity index (χ2v) is 7.97. The molecule has 0 aliphatic carbocycles. The Labute approximate surface area is 179 Å². The van der Waals surface area contributed by atoms with Gasteiger partial charge in [-0.25, -0.2) is 0 Å². The largest absolute Gasteiger partial charge is 0.346 e. The van der Waals surface area contributed by atoms with E-state index in [-0.39, 0.29) is 11.5 Å². The zero-order chi connectivity index (χ0) is 21.1. The van der Waals surface area contributed by atoms with Crippen LogP contribution in [0.2, 0.25) is 0 Å². The highest BCUT2D eigenvalue weighted by molar-refractivity contribution is 7.99. The van der Waals surface area contributed by atoms with Crippen LogP contribution in [0.4, 0.5) is 0 Å². The molecular weight excluding hydrogens is 394 g/mol. The van der Waals surface area contributed by atoms with E-state index in [0.717, 1.165) is 28.0 Å². The van der Waals surface area contributed by atoms with Crippen molar-refractivity contribution in [1.82, 2.24) is 19.3 Å². The van der Waals surface area contributed by atoms with Crippen LogP contribution in [0.1, 0.15) is 28.2 Å². The van der Waals surface area contributed by atoms with E-state index in [1.165, 1.54) is 11.8 Å². The summed E-state index contributed by atoms with van der Waals surface area (Å²) in [7, 11) is 0. The Balaban J connectivity index is 1.60. The quantitative estimate of drug-likeness (QED) is 0.322. The van der Waals surface area contributed by atoms with Crippen LogP contribution < -0.4 is 0 Å². The lowest BCUT2D eigenvalue weighted by molar-refractivity contribution is 0.102. The van der Waals surface area contributed by atoms with Crippen molar-refractivity contribution in [3.63, 3.8) is 0 Å². The zero-order valence-electron chi connectivity index (χ0n) is 16.9. The van der Waals surface area contributed by atoms with E-state index < -0.39 is 0 Å². The molecule has 2 aromatic carbocycles. The Bertz CT molecular complexity index is 1260. The fourth-order valence-electron chi connectivity index (χ4n) is 3.56. The Morgan fingerprint density at radius 1 is 1.10 bits per heavy atom. The van der Waals surface area contributed by atoms with Crippen molar-refractivity contribution in [2.45, 2.75) is 32.0 Å².